The van der Waals surface area contributed by atoms with Gasteiger partial charge in [0.15, 0.2) is 0 Å². The van der Waals surface area contributed by atoms with E-state index in [9.17, 15) is 0 Å². The Bertz CT molecular complexity index is 130. The van der Waals surface area contributed by atoms with Crippen LogP contribution in [0.25, 0.3) is 0 Å². The van der Waals surface area contributed by atoms with Gasteiger partial charge in [-0.15, -0.1) is 0 Å². The van der Waals surface area contributed by atoms with Crippen molar-refractivity contribution in [3.63, 3.8) is 0 Å². The number of carbonyl (C=O) groups is 1. The van der Waals surface area contributed by atoms with E-state index in [1.54, 1.807) is 4.90 Å². The van der Waals surface area contributed by atoms with Crippen LogP contribution in [0, 0.1) is 0 Å². The van der Waals surface area contributed by atoms with Crippen molar-refractivity contribution in [2.45, 2.75) is 66.6 Å². The number of nitrogens with one attached hydrogen (secondary N) is 1. The Kier molecular flexibility index (Phi) is 8.85. The van der Waals surface area contributed by atoms with Crippen LogP contribution < -0.4 is 10.0 Å². The fraction of sp³-hybridized carbons (Fsp3) is 0.909. The summed E-state index contributed by atoms with van der Waals surface area (Å²) in [7, 11) is 0. The molecule has 0 aromatic heterocycles. The van der Waals surface area contributed by atoms with Gasteiger partial charge in [0.2, 0.25) is 0 Å². The third kappa shape index (κ3) is 9.52. The highest BCUT2D eigenvalue weighted by Gasteiger charge is 2.19. The number of hydrogen-bond acceptors (Lipinski definition) is 2. The summed E-state index contributed by atoms with van der Waals surface area (Å²) in [5.74, 6) is -1.08. The van der Waals surface area contributed by atoms with Crippen molar-refractivity contribution in [3.05, 3.63) is 0 Å². The molecule has 0 bridgehead atoms. The third-order valence-corrected chi connectivity index (χ3v) is 2.00. The zero-order chi connectivity index (χ0) is 11.9. The molecule has 0 saturated carbocycles. The van der Waals surface area contributed by atoms with Crippen molar-refractivity contribution >= 4 is 5.97 Å². The maximum atomic E-state index is 8.89. The van der Waals surface area contributed by atoms with Gasteiger partial charge in [0.25, 0.3) is 0 Å². The molecular formula is C11H25NO2. The lowest BCUT2D eigenvalue weighted by molar-refractivity contribution is -0.962. The molecule has 0 aliphatic heterocycles. The third-order valence-electron chi connectivity index (χ3n) is 2.00. The predicted octanol–water partition coefficient (Wildman–Crippen LogP) is -0.147. The van der Waals surface area contributed by atoms with E-state index in [1.165, 1.54) is 0 Å². The van der Waals surface area contributed by atoms with Crippen LogP contribution >= 0.6 is 0 Å². The Morgan fingerprint density at radius 3 is 1.07 bits per heavy atom. The molecule has 0 unspecified atom stereocenters. The van der Waals surface area contributed by atoms with Gasteiger partial charge >= 0.3 is 0 Å². The minimum atomic E-state index is -1.08. The first-order valence-corrected chi connectivity index (χ1v) is 5.24. The highest BCUT2D eigenvalue weighted by atomic mass is 16.4. The Balaban J connectivity index is 0. The lowest BCUT2D eigenvalue weighted by Crippen LogP contribution is -3.20. The first-order chi connectivity index (χ1) is 6.20. The number of aliphatic carboxylic acids is 1. The fourth-order valence-corrected chi connectivity index (χ4v) is 2.00. The zero-order valence-corrected chi connectivity index (χ0v) is 10.5. The molecule has 3 nitrogen and oxygen atoms in total. The van der Waals surface area contributed by atoms with Gasteiger partial charge in [-0.05, 0) is 48.5 Å². The minimum Gasteiger partial charge on any atom is -0.550 e. The lowest BCUT2D eigenvalue weighted by atomic mass is 10.2. The van der Waals surface area contributed by atoms with Crippen LogP contribution in [0.15, 0.2) is 0 Å². The molecule has 14 heavy (non-hydrogen) atoms. The molecule has 0 saturated heterocycles. The molecule has 0 aliphatic rings. The van der Waals surface area contributed by atoms with Crippen LogP contribution in [-0.2, 0) is 4.79 Å². The summed E-state index contributed by atoms with van der Waals surface area (Å²) in [6.07, 6.45) is 0. The van der Waals surface area contributed by atoms with Crippen LogP contribution in [0.5, 0.6) is 0 Å². The molecule has 0 rings (SSSR count). The van der Waals surface area contributed by atoms with E-state index >= 15 is 0 Å². The second-order valence-electron chi connectivity index (χ2n) is 4.46. The first-order valence-electron chi connectivity index (χ1n) is 5.24. The van der Waals surface area contributed by atoms with Gasteiger partial charge < -0.3 is 14.8 Å². The fourth-order valence-electron chi connectivity index (χ4n) is 2.00. The van der Waals surface area contributed by atoms with Crippen molar-refractivity contribution in [1.29, 1.82) is 0 Å². The molecule has 0 heterocycles. The summed E-state index contributed by atoms with van der Waals surface area (Å²) in [6.45, 7) is 14.7. The number of carboxylic acids is 1. The Hall–Kier alpha value is -0.570. The van der Waals surface area contributed by atoms with E-state index in [0.717, 1.165) is 25.0 Å². The lowest BCUT2D eigenvalue weighted by Gasteiger charge is -2.31. The SMILES string of the molecule is CC(=O)[O-].CC(C)[NH+](C(C)C)C(C)C. The van der Waals surface area contributed by atoms with E-state index in [4.69, 9.17) is 9.90 Å². The van der Waals surface area contributed by atoms with Gasteiger partial charge in [0.1, 0.15) is 0 Å². The van der Waals surface area contributed by atoms with Gasteiger partial charge in [-0.25, -0.2) is 0 Å². The summed E-state index contributed by atoms with van der Waals surface area (Å²) >= 11 is 0. The van der Waals surface area contributed by atoms with Gasteiger partial charge in [0, 0.05) is 5.97 Å². The molecule has 86 valence electrons. The molecule has 0 aromatic rings. The summed E-state index contributed by atoms with van der Waals surface area (Å²) in [4.78, 5) is 10.6. The molecule has 0 atom stereocenters. The topological polar surface area (TPSA) is 44.6 Å². The summed E-state index contributed by atoms with van der Waals surface area (Å²) in [6, 6.07) is 2.25. The molecule has 3 heteroatoms. The van der Waals surface area contributed by atoms with Crippen LogP contribution in [0.1, 0.15) is 48.5 Å². The Morgan fingerprint density at radius 1 is 0.929 bits per heavy atom. The largest absolute Gasteiger partial charge is 0.550 e. The molecular weight excluding hydrogens is 178 g/mol. The van der Waals surface area contributed by atoms with Crippen molar-refractivity contribution in [2.75, 3.05) is 0 Å². The standard InChI is InChI=1S/C9H21N.C2H4O2/c1-7(2)10(8(3)4)9(5)6;1-2(3)4/h7-9H,1-6H3;1H3,(H,3,4). The second-order valence-corrected chi connectivity index (χ2v) is 4.46. The predicted molar refractivity (Wildman–Crippen MR) is 57.1 cm³/mol. The molecule has 0 spiro atoms. The average Bonchev–Trinajstić information content (AvgIpc) is 1.80. The average molecular weight is 203 g/mol. The van der Waals surface area contributed by atoms with Crippen molar-refractivity contribution in [1.82, 2.24) is 0 Å². The summed E-state index contributed by atoms with van der Waals surface area (Å²) < 4.78 is 0. The smallest absolute Gasteiger partial charge is 0.0821 e. The minimum absolute atomic E-state index is 0.750. The van der Waals surface area contributed by atoms with Crippen LogP contribution in [-0.4, -0.2) is 24.1 Å². The molecule has 0 aliphatic carbocycles. The molecule has 1 N–H and O–H groups in total. The van der Waals surface area contributed by atoms with Crippen LogP contribution in [0.2, 0.25) is 0 Å². The maximum Gasteiger partial charge on any atom is 0.0821 e. The summed E-state index contributed by atoms with van der Waals surface area (Å²) in [5.41, 5.74) is 0. The quantitative estimate of drug-likeness (QED) is 0.693. The first kappa shape index (κ1) is 15.9. The van der Waals surface area contributed by atoms with Crippen molar-refractivity contribution < 1.29 is 14.8 Å². The Morgan fingerprint density at radius 2 is 1.07 bits per heavy atom. The summed E-state index contributed by atoms with van der Waals surface area (Å²) in [5, 5.41) is 8.89. The second kappa shape index (κ2) is 7.80. The van der Waals surface area contributed by atoms with E-state index < -0.39 is 5.97 Å². The maximum absolute atomic E-state index is 8.89. The number of carbonyl (C=O) groups excluding carboxylic acids is 1. The van der Waals surface area contributed by atoms with Gasteiger partial charge in [-0.3, -0.25) is 0 Å². The van der Waals surface area contributed by atoms with E-state index in [-0.39, 0.29) is 0 Å². The normalized spacial score (nSPS) is 10.8. The van der Waals surface area contributed by atoms with Gasteiger partial charge in [0.05, 0.1) is 18.1 Å². The number of rotatable bonds is 3. The number of hydrogen-bond donors (Lipinski definition) is 1. The Labute approximate surface area is 88.1 Å². The monoisotopic (exact) mass is 203 g/mol. The van der Waals surface area contributed by atoms with Gasteiger partial charge in [-0.1, -0.05) is 0 Å². The number of quaternary nitrogens is 1. The molecule has 0 amide bonds. The number of carboxylic acid groups (broad SMARTS) is 1. The van der Waals surface area contributed by atoms with Crippen molar-refractivity contribution in [2.24, 2.45) is 0 Å². The van der Waals surface area contributed by atoms with Crippen LogP contribution in [0.4, 0.5) is 0 Å². The van der Waals surface area contributed by atoms with Crippen LogP contribution in [0.3, 0.4) is 0 Å². The molecule has 0 radical (unpaired) electrons. The zero-order valence-electron chi connectivity index (χ0n) is 10.5. The van der Waals surface area contributed by atoms with Gasteiger partial charge in [-0.2, -0.15) is 0 Å². The van der Waals surface area contributed by atoms with E-state index in [2.05, 4.69) is 41.5 Å². The molecule has 0 fully saturated rings. The highest BCUT2D eigenvalue weighted by Crippen LogP contribution is 1.81. The van der Waals surface area contributed by atoms with Crippen molar-refractivity contribution in [3.8, 4) is 0 Å². The highest BCUT2D eigenvalue weighted by molar-refractivity contribution is 5.60. The molecule has 0 aromatic carbocycles. The van der Waals surface area contributed by atoms with E-state index in [1.807, 2.05) is 0 Å². The van der Waals surface area contributed by atoms with E-state index in [0.29, 0.717) is 0 Å².